The molecule has 3 rings (SSSR count). The Bertz CT molecular complexity index is 945. The Labute approximate surface area is 151 Å². The second-order valence-electron chi connectivity index (χ2n) is 5.40. The molecule has 0 spiro atoms. The van der Waals surface area contributed by atoms with Gasteiger partial charge in [-0.05, 0) is 48.5 Å². The number of benzene rings is 2. The number of amides is 1. The first-order valence-electron chi connectivity index (χ1n) is 7.87. The van der Waals surface area contributed by atoms with Crippen molar-refractivity contribution in [1.29, 1.82) is 5.26 Å². The fourth-order valence-electron chi connectivity index (χ4n) is 2.31. The highest BCUT2D eigenvalue weighted by Gasteiger charge is 2.07. The van der Waals surface area contributed by atoms with E-state index in [1.165, 1.54) is 0 Å². The first-order valence-corrected chi connectivity index (χ1v) is 7.87. The molecule has 0 radical (unpaired) electrons. The molecule has 2 aromatic carbocycles. The minimum absolute atomic E-state index is 0.231. The van der Waals surface area contributed by atoms with E-state index < -0.39 is 0 Å². The van der Waals surface area contributed by atoms with Gasteiger partial charge in [0.25, 0.3) is 5.91 Å². The smallest absolute Gasteiger partial charge is 0.255 e. The summed E-state index contributed by atoms with van der Waals surface area (Å²) in [4.78, 5) is 16.5. The summed E-state index contributed by atoms with van der Waals surface area (Å²) in [6, 6.07) is 19.6. The summed E-state index contributed by atoms with van der Waals surface area (Å²) in [6.07, 6.45) is 1.55. The van der Waals surface area contributed by atoms with Crippen molar-refractivity contribution >= 4 is 23.1 Å². The molecule has 1 aromatic heterocycles. The van der Waals surface area contributed by atoms with Gasteiger partial charge in [-0.2, -0.15) is 5.26 Å². The van der Waals surface area contributed by atoms with Crippen LogP contribution in [-0.2, 0) is 0 Å². The third-order valence-corrected chi connectivity index (χ3v) is 3.68. The normalized spacial score (nSPS) is 9.85. The Morgan fingerprint density at radius 2 is 1.85 bits per heavy atom. The quantitative estimate of drug-likeness (QED) is 0.731. The summed E-state index contributed by atoms with van der Waals surface area (Å²) < 4.78 is 5.08. The number of nitrogens with zero attached hydrogens (tertiary/aromatic N) is 2. The molecule has 6 nitrogen and oxygen atoms in total. The Hall–Kier alpha value is -3.85. The summed E-state index contributed by atoms with van der Waals surface area (Å²) in [5.41, 5.74) is 2.31. The van der Waals surface area contributed by atoms with E-state index in [9.17, 15) is 4.79 Å². The van der Waals surface area contributed by atoms with Crippen molar-refractivity contribution < 1.29 is 9.53 Å². The molecule has 3 aromatic rings. The van der Waals surface area contributed by atoms with Crippen molar-refractivity contribution in [2.75, 3.05) is 17.7 Å². The number of anilines is 3. The van der Waals surface area contributed by atoms with Crippen molar-refractivity contribution in [3.63, 3.8) is 0 Å². The molecule has 26 heavy (non-hydrogen) atoms. The van der Waals surface area contributed by atoms with E-state index >= 15 is 0 Å². The van der Waals surface area contributed by atoms with Gasteiger partial charge >= 0.3 is 0 Å². The number of nitriles is 1. The summed E-state index contributed by atoms with van der Waals surface area (Å²) in [5, 5.41) is 15.0. The highest BCUT2D eigenvalue weighted by Crippen LogP contribution is 2.20. The molecule has 0 saturated carbocycles. The number of ether oxygens (including phenoxy) is 1. The zero-order valence-corrected chi connectivity index (χ0v) is 14.1. The van der Waals surface area contributed by atoms with Gasteiger partial charge in [0.05, 0.1) is 30.2 Å². The fourth-order valence-corrected chi connectivity index (χ4v) is 2.31. The molecule has 6 heteroatoms. The van der Waals surface area contributed by atoms with Gasteiger partial charge in [-0.25, -0.2) is 4.98 Å². The number of para-hydroxylation sites is 1. The molecule has 128 valence electrons. The van der Waals surface area contributed by atoms with Crippen LogP contribution in [0.2, 0.25) is 0 Å². The van der Waals surface area contributed by atoms with E-state index in [1.54, 1.807) is 67.9 Å². The number of nitrogens with one attached hydrogen (secondary N) is 2. The van der Waals surface area contributed by atoms with E-state index in [4.69, 9.17) is 10.00 Å². The predicted molar refractivity (Wildman–Crippen MR) is 99.6 cm³/mol. The van der Waals surface area contributed by atoms with E-state index in [1.807, 2.05) is 6.07 Å². The van der Waals surface area contributed by atoms with Gasteiger partial charge in [0.15, 0.2) is 0 Å². The number of pyridine rings is 1. The van der Waals surface area contributed by atoms with Gasteiger partial charge in [0.1, 0.15) is 17.6 Å². The second-order valence-corrected chi connectivity index (χ2v) is 5.40. The summed E-state index contributed by atoms with van der Waals surface area (Å²) in [6.45, 7) is 0. The predicted octanol–water partition coefficient (Wildman–Crippen LogP) is 3.96. The lowest BCUT2D eigenvalue weighted by Crippen LogP contribution is -2.12. The maximum absolute atomic E-state index is 12.2. The van der Waals surface area contributed by atoms with Gasteiger partial charge in [0.2, 0.25) is 0 Å². The van der Waals surface area contributed by atoms with Crippen LogP contribution in [0.25, 0.3) is 0 Å². The minimum Gasteiger partial charge on any atom is -0.497 e. The molecule has 0 saturated heterocycles. The van der Waals surface area contributed by atoms with E-state index in [-0.39, 0.29) is 5.91 Å². The minimum atomic E-state index is -0.231. The third-order valence-electron chi connectivity index (χ3n) is 3.68. The number of aromatic nitrogens is 1. The number of hydrogen-bond acceptors (Lipinski definition) is 5. The molecular formula is C20H16N4O2. The molecule has 0 aliphatic heterocycles. The number of carbonyl (C=O) groups is 1. The van der Waals surface area contributed by atoms with Gasteiger partial charge < -0.3 is 15.4 Å². The Morgan fingerprint density at radius 3 is 2.50 bits per heavy atom. The average molecular weight is 344 g/mol. The lowest BCUT2D eigenvalue weighted by molar-refractivity contribution is 0.102. The number of rotatable bonds is 5. The second kappa shape index (κ2) is 7.81. The maximum Gasteiger partial charge on any atom is 0.255 e. The van der Waals surface area contributed by atoms with Gasteiger partial charge in [-0.15, -0.1) is 0 Å². The largest absolute Gasteiger partial charge is 0.497 e. The maximum atomic E-state index is 12.2. The van der Waals surface area contributed by atoms with Crippen LogP contribution in [0.1, 0.15) is 15.9 Å². The van der Waals surface area contributed by atoms with E-state index in [0.717, 1.165) is 0 Å². The molecule has 0 unspecified atom stereocenters. The van der Waals surface area contributed by atoms with E-state index in [0.29, 0.717) is 34.1 Å². The van der Waals surface area contributed by atoms with Crippen molar-refractivity contribution in [3.05, 3.63) is 78.0 Å². The first kappa shape index (κ1) is 17.0. The molecule has 1 heterocycles. The summed E-state index contributed by atoms with van der Waals surface area (Å²) in [5.74, 6) is 1.04. The fraction of sp³-hybridized carbons (Fsp3) is 0.0500. The van der Waals surface area contributed by atoms with Gasteiger partial charge in [-0.1, -0.05) is 12.1 Å². The zero-order valence-electron chi connectivity index (χ0n) is 14.1. The number of carbonyl (C=O) groups excluding carboxylic acids is 1. The SMILES string of the molecule is COc1ccc(C(=O)Nc2ccc(Nc3ccccc3C#N)nc2)cc1. The van der Waals surface area contributed by atoms with Crippen LogP contribution in [-0.4, -0.2) is 18.0 Å². The Morgan fingerprint density at radius 1 is 1.08 bits per heavy atom. The van der Waals surface area contributed by atoms with Crippen LogP contribution in [0.15, 0.2) is 66.9 Å². The Kier molecular flexibility index (Phi) is 5.11. The van der Waals surface area contributed by atoms with Crippen molar-refractivity contribution in [3.8, 4) is 11.8 Å². The highest BCUT2D eigenvalue weighted by atomic mass is 16.5. The van der Waals surface area contributed by atoms with Crippen molar-refractivity contribution in [2.24, 2.45) is 0 Å². The van der Waals surface area contributed by atoms with Gasteiger partial charge in [0, 0.05) is 5.56 Å². The molecule has 2 N–H and O–H groups in total. The zero-order chi connectivity index (χ0) is 18.4. The average Bonchev–Trinajstić information content (AvgIpc) is 2.70. The molecule has 1 amide bonds. The monoisotopic (exact) mass is 344 g/mol. The summed E-state index contributed by atoms with van der Waals surface area (Å²) in [7, 11) is 1.57. The van der Waals surface area contributed by atoms with Crippen LogP contribution < -0.4 is 15.4 Å². The van der Waals surface area contributed by atoms with E-state index in [2.05, 4.69) is 21.7 Å². The number of methoxy groups -OCH3 is 1. The lowest BCUT2D eigenvalue weighted by atomic mass is 10.2. The van der Waals surface area contributed by atoms with Crippen LogP contribution in [0.4, 0.5) is 17.2 Å². The van der Waals surface area contributed by atoms with Crippen LogP contribution >= 0.6 is 0 Å². The van der Waals surface area contributed by atoms with Crippen LogP contribution in [0.5, 0.6) is 5.75 Å². The lowest BCUT2D eigenvalue weighted by Gasteiger charge is -2.09. The Balaban J connectivity index is 1.67. The number of hydrogen-bond donors (Lipinski definition) is 2. The first-order chi connectivity index (χ1) is 12.7. The molecule has 0 aliphatic rings. The topological polar surface area (TPSA) is 87.0 Å². The molecule has 0 atom stereocenters. The van der Waals surface area contributed by atoms with Crippen molar-refractivity contribution in [1.82, 2.24) is 4.98 Å². The molecule has 0 aliphatic carbocycles. The van der Waals surface area contributed by atoms with Crippen LogP contribution in [0.3, 0.4) is 0 Å². The van der Waals surface area contributed by atoms with Crippen molar-refractivity contribution in [2.45, 2.75) is 0 Å². The highest BCUT2D eigenvalue weighted by molar-refractivity contribution is 6.04. The van der Waals surface area contributed by atoms with Crippen LogP contribution in [0, 0.1) is 11.3 Å². The standard InChI is InChI=1S/C20H16N4O2/c1-26-17-9-6-14(7-10-17)20(25)23-16-8-11-19(22-13-16)24-18-5-3-2-4-15(18)12-21/h2-11,13H,1H3,(H,22,24)(H,23,25). The van der Waals surface area contributed by atoms with Gasteiger partial charge in [-0.3, -0.25) is 4.79 Å². The molecular weight excluding hydrogens is 328 g/mol. The summed E-state index contributed by atoms with van der Waals surface area (Å²) >= 11 is 0. The molecule has 0 bridgehead atoms. The molecule has 0 fully saturated rings. The third kappa shape index (κ3) is 3.97.